The van der Waals surface area contributed by atoms with E-state index in [-0.39, 0.29) is 18.0 Å². The van der Waals surface area contributed by atoms with Gasteiger partial charge in [0, 0.05) is 41.6 Å². The fraction of sp³-hybridized carbons (Fsp3) is 0.267. The SMILES string of the molecule is CCC(=O)Nc1ccc(N2C(=S)NC(c3ccccn3)C2c2cc(C)n(-c3ncccc3C)c2C)cc1C. The Balaban J connectivity index is 1.64. The molecule has 1 aromatic carbocycles. The van der Waals surface area contributed by atoms with E-state index in [0.29, 0.717) is 11.5 Å². The quantitative estimate of drug-likeness (QED) is 0.300. The first kappa shape index (κ1) is 25.6. The summed E-state index contributed by atoms with van der Waals surface area (Å²) in [7, 11) is 0. The molecule has 5 rings (SSSR count). The third kappa shape index (κ3) is 4.56. The van der Waals surface area contributed by atoms with Gasteiger partial charge in [0.15, 0.2) is 5.11 Å². The molecule has 1 saturated heterocycles. The molecule has 4 heterocycles. The minimum absolute atomic E-state index is 0.00967. The summed E-state index contributed by atoms with van der Waals surface area (Å²) >= 11 is 5.94. The Hall–Kier alpha value is -4.04. The predicted octanol–water partition coefficient (Wildman–Crippen LogP) is 6.03. The van der Waals surface area contributed by atoms with Crippen molar-refractivity contribution in [2.45, 2.75) is 53.1 Å². The average molecular weight is 525 g/mol. The summed E-state index contributed by atoms with van der Waals surface area (Å²) in [5.74, 6) is 0.916. The number of pyridine rings is 2. The highest BCUT2D eigenvalue weighted by Crippen LogP contribution is 2.44. The van der Waals surface area contributed by atoms with E-state index in [1.807, 2.05) is 62.6 Å². The van der Waals surface area contributed by atoms with Crippen LogP contribution in [-0.4, -0.2) is 25.6 Å². The molecule has 194 valence electrons. The van der Waals surface area contributed by atoms with E-state index in [1.165, 1.54) is 0 Å². The van der Waals surface area contributed by atoms with E-state index in [0.717, 1.165) is 51.0 Å². The molecule has 1 fully saturated rings. The maximum absolute atomic E-state index is 12.0. The molecule has 8 heteroatoms. The highest BCUT2D eigenvalue weighted by atomic mass is 32.1. The zero-order chi connectivity index (χ0) is 27.0. The maximum Gasteiger partial charge on any atom is 0.224 e. The van der Waals surface area contributed by atoms with Gasteiger partial charge < -0.3 is 20.1 Å². The molecular weight excluding hydrogens is 492 g/mol. The minimum Gasteiger partial charge on any atom is -0.351 e. The number of carbonyl (C=O) groups is 1. The molecule has 3 aromatic heterocycles. The average Bonchev–Trinajstić information content (AvgIpc) is 3.41. The highest BCUT2D eigenvalue weighted by molar-refractivity contribution is 7.80. The van der Waals surface area contributed by atoms with Crippen LogP contribution in [-0.2, 0) is 4.79 Å². The molecule has 0 bridgehead atoms. The van der Waals surface area contributed by atoms with Crippen LogP contribution in [0.25, 0.3) is 5.82 Å². The number of hydrogen-bond donors (Lipinski definition) is 2. The molecule has 2 N–H and O–H groups in total. The Morgan fingerprint density at radius 1 is 1.00 bits per heavy atom. The molecule has 2 unspecified atom stereocenters. The van der Waals surface area contributed by atoms with Crippen LogP contribution in [0, 0.1) is 27.7 Å². The van der Waals surface area contributed by atoms with Gasteiger partial charge in [-0.1, -0.05) is 19.1 Å². The van der Waals surface area contributed by atoms with Crippen LogP contribution >= 0.6 is 12.2 Å². The smallest absolute Gasteiger partial charge is 0.224 e. The number of carbonyl (C=O) groups excluding carboxylic acids is 1. The van der Waals surface area contributed by atoms with Gasteiger partial charge in [-0.2, -0.15) is 0 Å². The monoisotopic (exact) mass is 524 g/mol. The topological polar surface area (TPSA) is 75.1 Å². The van der Waals surface area contributed by atoms with Gasteiger partial charge in [-0.3, -0.25) is 9.78 Å². The largest absolute Gasteiger partial charge is 0.351 e. The van der Waals surface area contributed by atoms with Crippen molar-refractivity contribution in [3.63, 3.8) is 0 Å². The molecule has 38 heavy (non-hydrogen) atoms. The van der Waals surface area contributed by atoms with Crippen LogP contribution in [0.1, 0.15) is 59.2 Å². The Bertz CT molecular complexity index is 1510. The number of benzene rings is 1. The standard InChI is InChI=1S/C30H32N6OS/c1-6-26(37)33-24-13-12-22(16-19(24)3)36-28(27(34-30(36)38)25-11-7-8-14-31-25)23-17-20(4)35(21(23)5)29-18(2)10-9-15-32-29/h7-17,27-28H,6H2,1-5H3,(H,33,37)(H,34,38). The first-order chi connectivity index (χ1) is 18.3. The summed E-state index contributed by atoms with van der Waals surface area (Å²) in [6.07, 6.45) is 4.08. The number of amides is 1. The molecule has 1 amide bonds. The Kier molecular flexibility index (Phi) is 6.99. The summed E-state index contributed by atoms with van der Waals surface area (Å²) in [5, 5.41) is 7.17. The van der Waals surface area contributed by atoms with Gasteiger partial charge in [-0.25, -0.2) is 4.98 Å². The van der Waals surface area contributed by atoms with Crippen molar-refractivity contribution < 1.29 is 4.79 Å². The van der Waals surface area contributed by atoms with E-state index in [2.05, 4.69) is 64.1 Å². The van der Waals surface area contributed by atoms with Crippen molar-refractivity contribution in [3.05, 3.63) is 101 Å². The van der Waals surface area contributed by atoms with Crippen molar-refractivity contribution in [1.29, 1.82) is 0 Å². The molecule has 1 aliphatic heterocycles. The number of hydrogen-bond acceptors (Lipinski definition) is 4. The van der Waals surface area contributed by atoms with E-state index in [4.69, 9.17) is 17.2 Å². The zero-order valence-corrected chi connectivity index (χ0v) is 23.1. The zero-order valence-electron chi connectivity index (χ0n) is 22.3. The summed E-state index contributed by atoms with van der Waals surface area (Å²) in [5.41, 5.74) is 8.13. The second kappa shape index (κ2) is 10.4. The third-order valence-corrected chi connectivity index (χ3v) is 7.48. The third-order valence-electron chi connectivity index (χ3n) is 7.16. The minimum atomic E-state index is -0.151. The summed E-state index contributed by atoms with van der Waals surface area (Å²) < 4.78 is 2.22. The molecule has 2 atom stereocenters. The first-order valence-electron chi connectivity index (χ1n) is 12.8. The molecular formula is C30H32N6OS. The molecule has 1 aliphatic rings. The van der Waals surface area contributed by atoms with Gasteiger partial charge in [0.25, 0.3) is 0 Å². The Labute approximate surface area is 228 Å². The fourth-order valence-electron chi connectivity index (χ4n) is 5.25. The van der Waals surface area contributed by atoms with Crippen molar-refractivity contribution in [2.75, 3.05) is 10.2 Å². The van der Waals surface area contributed by atoms with Gasteiger partial charge in [-0.05, 0) is 99.1 Å². The lowest BCUT2D eigenvalue weighted by atomic mass is 9.96. The number of thiocarbonyl (C=S) groups is 1. The number of aromatic nitrogens is 3. The lowest BCUT2D eigenvalue weighted by Gasteiger charge is -2.29. The molecule has 0 saturated carbocycles. The summed E-state index contributed by atoms with van der Waals surface area (Å²) in [6, 6.07) is 18.0. The second-order valence-corrected chi connectivity index (χ2v) is 10.1. The van der Waals surface area contributed by atoms with Crippen molar-refractivity contribution in [1.82, 2.24) is 19.9 Å². The number of nitrogens with one attached hydrogen (secondary N) is 2. The van der Waals surface area contributed by atoms with Crippen molar-refractivity contribution in [3.8, 4) is 5.82 Å². The summed E-state index contributed by atoms with van der Waals surface area (Å²) in [4.78, 5) is 23.6. The van der Waals surface area contributed by atoms with Crippen LogP contribution in [0.2, 0.25) is 0 Å². The lowest BCUT2D eigenvalue weighted by molar-refractivity contribution is -0.115. The van der Waals surface area contributed by atoms with Crippen LogP contribution < -0.4 is 15.5 Å². The normalized spacial score (nSPS) is 17.0. The van der Waals surface area contributed by atoms with Crippen LogP contribution in [0.5, 0.6) is 0 Å². The predicted molar refractivity (Wildman–Crippen MR) is 156 cm³/mol. The molecule has 7 nitrogen and oxygen atoms in total. The van der Waals surface area contributed by atoms with Crippen LogP contribution in [0.15, 0.2) is 67.0 Å². The van der Waals surface area contributed by atoms with E-state index >= 15 is 0 Å². The maximum atomic E-state index is 12.0. The van der Waals surface area contributed by atoms with Gasteiger partial charge in [0.2, 0.25) is 5.91 Å². The highest BCUT2D eigenvalue weighted by Gasteiger charge is 2.42. The van der Waals surface area contributed by atoms with E-state index in [9.17, 15) is 4.79 Å². The van der Waals surface area contributed by atoms with Gasteiger partial charge in [-0.15, -0.1) is 0 Å². The van der Waals surface area contributed by atoms with Crippen molar-refractivity contribution in [2.24, 2.45) is 0 Å². The van der Waals surface area contributed by atoms with E-state index < -0.39 is 0 Å². The molecule has 0 aliphatic carbocycles. The Morgan fingerprint density at radius 3 is 2.47 bits per heavy atom. The lowest BCUT2D eigenvalue weighted by Crippen LogP contribution is -2.29. The number of rotatable bonds is 6. The second-order valence-electron chi connectivity index (χ2n) is 9.70. The van der Waals surface area contributed by atoms with Crippen molar-refractivity contribution >= 4 is 34.6 Å². The van der Waals surface area contributed by atoms with Crippen LogP contribution in [0.3, 0.4) is 0 Å². The van der Waals surface area contributed by atoms with Gasteiger partial charge >= 0.3 is 0 Å². The first-order valence-corrected chi connectivity index (χ1v) is 13.2. The van der Waals surface area contributed by atoms with E-state index in [1.54, 1.807) is 0 Å². The fourth-order valence-corrected chi connectivity index (χ4v) is 5.60. The van der Waals surface area contributed by atoms with Gasteiger partial charge in [0.1, 0.15) is 5.82 Å². The Morgan fingerprint density at radius 2 is 1.79 bits per heavy atom. The molecule has 0 spiro atoms. The number of anilines is 2. The number of nitrogens with zero attached hydrogens (tertiary/aromatic N) is 4. The molecule has 4 aromatic rings. The van der Waals surface area contributed by atoms with Gasteiger partial charge in [0.05, 0.1) is 17.8 Å². The van der Waals surface area contributed by atoms with Crippen LogP contribution in [0.4, 0.5) is 11.4 Å². The summed E-state index contributed by atoms with van der Waals surface area (Å²) in [6.45, 7) is 10.2. The number of aryl methyl sites for hydroxylation is 3. The molecule has 0 radical (unpaired) electrons.